The van der Waals surface area contributed by atoms with E-state index in [1.54, 1.807) is 0 Å². The lowest BCUT2D eigenvalue weighted by molar-refractivity contribution is -0.139. The lowest BCUT2D eigenvalue weighted by atomic mass is 10.5. The summed E-state index contributed by atoms with van der Waals surface area (Å²) in [6.07, 6.45) is 0. The zero-order valence-electron chi connectivity index (χ0n) is 9.07. The van der Waals surface area contributed by atoms with E-state index in [-0.39, 0.29) is 22.5 Å². The summed E-state index contributed by atoms with van der Waals surface area (Å²) >= 11 is 10.9. The van der Waals surface area contributed by atoms with Crippen molar-refractivity contribution in [3.8, 4) is 5.88 Å². The first-order chi connectivity index (χ1) is 8.42. The zero-order chi connectivity index (χ0) is 14.1. The summed E-state index contributed by atoms with van der Waals surface area (Å²) in [7, 11) is 0. The minimum atomic E-state index is -1.21. The fourth-order valence-corrected chi connectivity index (χ4v) is 1.07. The van der Waals surface area contributed by atoms with E-state index in [1.807, 2.05) is 0 Å². The highest BCUT2D eigenvalue weighted by atomic mass is 35.5. The van der Waals surface area contributed by atoms with Crippen LogP contribution in [0, 0.1) is 5.95 Å². The lowest BCUT2D eigenvalue weighted by Crippen LogP contribution is -2.10. The quantitative estimate of drug-likeness (QED) is 0.714. The molecule has 0 aromatic carbocycles. The van der Waals surface area contributed by atoms with Crippen molar-refractivity contribution in [2.75, 3.05) is 19.8 Å². The normalized spacial score (nSPS) is 9.39. The highest BCUT2D eigenvalue weighted by Crippen LogP contribution is 2.26. The first-order valence-electron chi connectivity index (χ1n) is 4.59. The predicted octanol–water partition coefficient (Wildman–Crippen LogP) is 0.928. The number of aromatic nitrogens is 1. The second-order valence-corrected chi connectivity index (χ2v) is 3.56. The molecule has 0 unspecified atom stereocenters. The van der Waals surface area contributed by atoms with Crippen molar-refractivity contribution in [3.63, 3.8) is 0 Å². The Bertz CT molecular complexity index is 404. The molecule has 1 rings (SSSR count). The van der Waals surface area contributed by atoms with Gasteiger partial charge in [0.2, 0.25) is 11.8 Å². The van der Waals surface area contributed by atoms with Crippen molar-refractivity contribution in [3.05, 3.63) is 22.1 Å². The Kier molecular flexibility index (Phi) is 8.30. The molecule has 1 heterocycles. The molecule has 1 aromatic rings. The van der Waals surface area contributed by atoms with Crippen LogP contribution in [0.5, 0.6) is 5.88 Å². The summed E-state index contributed by atoms with van der Waals surface area (Å²) in [5.41, 5.74) is 4.78. The average Bonchev–Trinajstić information content (AvgIpc) is 2.32. The van der Waals surface area contributed by atoms with Gasteiger partial charge in [-0.2, -0.15) is 9.37 Å². The molecule has 6 nitrogen and oxygen atoms in total. The van der Waals surface area contributed by atoms with Crippen LogP contribution < -0.4 is 10.5 Å². The van der Waals surface area contributed by atoms with Crippen LogP contribution in [0.4, 0.5) is 4.39 Å². The van der Waals surface area contributed by atoms with E-state index in [9.17, 15) is 9.18 Å². The molecular formula is C9H11Cl2FN2O4. The molecule has 102 valence electrons. The summed E-state index contributed by atoms with van der Waals surface area (Å²) in [5, 5.41) is 15.7. The van der Waals surface area contributed by atoms with E-state index in [0.29, 0.717) is 6.54 Å². The van der Waals surface area contributed by atoms with Gasteiger partial charge >= 0.3 is 5.97 Å². The number of rotatable bonds is 4. The van der Waals surface area contributed by atoms with E-state index in [2.05, 4.69) is 9.72 Å². The zero-order valence-corrected chi connectivity index (χ0v) is 10.6. The number of aliphatic carboxylic acids is 1. The molecule has 0 fully saturated rings. The van der Waals surface area contributed by atoms with Gasteiger partial charge in [-0.1, -0.05) is 23.2 Å². The van der Waals surface area contributed by atoms with E-state index in [0.717, 1.165) is 6.07 Å². The Morgan fingerprint density at radius 3 is 2.50 bits per heavy atom. The number of pyridine rings is 1. The highest BCUT2D eigenvalue weighted by molar-refractivity contribution is 6.35. The number of nitrogens with zero attached hydrogens (tertiary/aromatic N) is 1. The number of aliphatic hydroxyl groups excluding tert-OH is 1. The Labute approximate surface area is 112 Å². The Morgan fingerprint density at radius 1 is 1.50 bits per heavy atom. The molecule has 0 spiro atoms. The number of carboxylic acids is 1. The number of carboxylic acid groups (broad SMARTS) is 1. The molecule has 0 saturated carbocycles. The van der Waals surface area contributed by atoms with E-state index < -0.39 is 18.5 Å². The van der Waals surface area contributed by atoms with Gasteiger partial charge in [-0.25, -0.2) is 4.79 Å². The molecule has 1 aromatic heterocycles. The van der Waals surface area contributed by atoms with Gasteiger partial charge in [0, 0.05) is 6.54 Å². The molecule has 0 atom stereocenters. The molecule has 0 aliphatic rings. The number of halogens is 3. The van der Waals surface area contributed by atoms with E-state index >= 15 is 0 Å². The first kappa shape index (κ1) is 16.9. The smallest absolute Gasteiger partial charge is 0.341 e. The van der Waals surface area contributed by atoms with Gasteiger partial charge in [-0.3, -0.25) is 0 Å². The van der Waals surface area contributed by atoms with Crippen molar-refractivity contribution in [1.82, 2.24) is 4.98 Å². The summed E-state index contributed by atoms with van der Waals surface area (Å²) in [5.74, 6) is -2.47. The third-order valence-electron chi connectivity index (χ3n) is 1.32. The monoisotopic (exact) mass is 300 g/mol. The molecule has 0 saturated heterocycles. The number of carbonyl (C=O) groups is 1. The van der Waals surface area contributed by atoms with Crippen molar-refractivity contribution in [2.24, 2.45) is 5.73 Å². The topological polar surface area (TPSA) is 106 Å². The largest absolute Gasteiger partial charge is 0.479 e. The minimum absolute atomic E-state index is 0.0438. The second-order valence-electron chi connectivity index (χ2n) is 2.74. The van der Waals surface area contributed by atoms with E-state index in [1.165, 1.54) is 0 Å². The summed E-state index contributed by atoms with van der Waals surface area (Å²) in [6.45, 7) is -0.173. The average molecular weight is 301 g/mol. The summed E-state index contributed by atoms with van der Waals surface area (Å²) < 4.78 is 17.3. The maximum absolute atomic E-state index is 12.8. The number of hydrogen-bond donors (Lipinski definition) is 3. The third-order valence-corrected chi connectivity index (χ3v) is 1.85. The Balaban J connectivity index is 0.000000631. The van der Waals surface area contributed by atoms with Crippen LogP contribution in [0.25, 0.3) is 0 Å². The number of ether oxygens (including phenoxy) is 1. The number of nitrogens with two attached hydrogens (primary N) is 1. The maximum Gasteiger partial charge on any atom is 0.341 e. The number of hydrogen-bond acceptors (Lipinski definition) is 5. The minimum Gasteiger partial charge on any atom is -0.479 e. The molecule has 0 radical (unpaired) electrons. The predicted molar refractivity (Wildman–Crippen MR) is 63.5 cm³/mol. The van der Waals surface area contributed by atoms with Gasteiger partial charge in [0.1, 0.15) is 5.02 Å². The highest BCUT2D eigenvalue weighted by Gasteiger charge is 2.11. The van der Waals surface area contributed by atoms with Crippen LogP contribution in [0.3, 0.4) is 0 Å². The maximum atomic E-state index is 12.8. The van der Waals surface area contributed by atoms with Crippen molar-refractivity contribution < 1.29 is 24.1 Å². The van der Waals surface area contributed by atoms with Crippen LogP contribution in [0.2, 0.25) is 10.0 Å². The van der Waals surface area contributed by atoms with Gasteiger partial charge in [0.25, 0.3) is 0 Å². The van der Waals surface area contributed by atoms with Crippen molar-refractivity contribution in [1.29, 1.82) is 0 Å². The van der Waals surface area contributed by atoms with Crippen molar-refractivity contribution >= 4 is 29.2 Å². The SMILES string of the molecule is NCCO.O=C(O)COc1nc(F)c(Cl)cc1Cl. The number of aliphatic hydroxyl groups is 1. The summed E-state index contributed by atoms with van der Waals surface area (Å²) in [6, 6.07) is 1.09. The van der Waals surface area contributed by atoms with Crippen LogP contribution in [-0.2, 0) is 4.79 Å². The first-order valence-corrected chi connectivity index (χ1v) is 5.35. The Morgan fingerprint density at radius 2 is 2.06 bits per heavy atom. The molecule has 0 bridgehead atoms. The third kappa shape index (κ3) is 6.55. The molecule has 0 aliphatic heterocycles. The van der Waals surface area contributed by atoms with Gasteiger partial charge in [0.15, 0.2) is 6.61 Å². The fraction of sp³-hybridized carbons (Fsp3) is 0.333. The van der Waals surface area contributed by atoms with Crippen molar-refractivity contribution in [2.45, 2.75) is 0 Å². The van der Waals surface area contributed by atoms with E-state index in [4.69, 9.17) is 39.1 Å². The van der Waals surface area contributed by atoms with Gasteiger partial charge in [0.05, 0.1) is 11.6 Å². The molecule has 4 N–H and O–H groups in total. The molecule has 0 aliphatic carbocycles. The van der Waals surface area contributed by atoms with Crippen LogP contribution in [0.15, 0.2) is 6.07 Å². The molecular weight excluding hydrogens is 290 g/mol. The standard InChI is InChI=1S/C7H4Cl2FNO3.C2H7NO/c8-3-1-4(9)7(11-6(3)10)14-2-5(12)13;3-1-2-4/h1H,2H2,(H,12,13);4H,1-3H2. The van der Waals surface area contributed by atoms with Gasteiger partial charge in [-0.15, -0.1) is 0 Å². The molecule has 9 heteroatoms. The van der Waals surface area contributed by atoms with Crippen LogP contribution in [-0.4, -0.2) is 40.9 Å². The molecule has 0 amide bonds. The van der Waals surface area contributed by atoms with Crippen LogP contribution >= 0.6 is 23.2 Å². The second kappa shape index (κ2) is 8.87. The lowest BCUT2D eigenvalue weighted by Gasteiger charge is -2.04. The van der Waals surface area contributed by atoms with Gasteiger partial charge < -0.3 is 20.7 Å². The Hall–Kier alpha value is -1.15. The fourth-order valence-electron chi connectivity index (χ4n) is 0.660. The molecule has 18 heavy (non-hydrogen) atoms. The van der Waals surface area contributed by atoms with Gasteiger partial charge in [-0.05, 0) is 6.07 Å². The summed E-state index contributed by atoms with van der Waals surface area (Å²) in [4.78, 5) is 13.3. The van der Waals surface area contributed by atoms with Crippen LogP contribution in [0.1, 0.15) is 0 Å².